The van der Waals surface area contributed by atoms with Gasteiger partial charge in [-0.2, -0.15) is 0 Å². The Labute approximate surface area is 318 Å². The summed E-state index contributed by atoms with van der Waals surface area (Å²) in [6.07, 6.45) is 0. The number of hydrogen-bond acceptors (Lipinski definition) is 2. The summed E-state index contributed by atoms with van der Waals surface area (Å²) in [5.74, 6) is 0. The average molecular weight is 701 g/mol. The summed E-state index contributed by atoms with van der Waals surface area (Å²) < 4.78 is 9.20. The van der Waals surface area contributed by atoms with Crippen molar-refractivity contribution >= 4 is 72.9 Å². The molecule has 13 rings (SSSR count). The Balaban J connectivity index is 1.21. The second-order valence-corrected chi connectivity index (χ2v) is 16.0. The third-order valence-electron chi connectivity index (χ3n) is 13.0. The van der Waals surface area contributed by atoms with E-state index in [4.69, 9.17) is 4.42 Å². The largest absolute Gasteiger partial charge is 0.456 e. The van der Waals surface area contributed by atoms with Crippen LogP contribution < -0.4 is 15.7 Å². The van der Waals surface area contributed by atoms with Crippen LogP contribution in [0.4, 0.5) is 11.4 Å². The predicted molar refractivity (Wildman–Crippen MR) is 230 cm³/mol. The van der Waals surface area contributed by atoms with E-state index in [0.717, 1.165) is 21.9 Å². The van der Waals surface area contributed by atoms with E-state index in [2.05, 4.69) is 187 Å². The fraction of sp³-hybridized carbons (Fsp3) is 0.0588. The summed E-state index contributed by atoms with van der Waals surface area (Å²) >= 11 is 0. The number of nitrogens with zero attached hydrogens (tertiary/aromatic N) is 2. The van der Waals surface area contributed by atoms with E-state index >= 15 is 0 Å². The number of hydrogen-bond donors (Lipinski definition) is 0. The highest BCUT2D eigenvalue weighted by atomic mass is 16.3. The molecule has 0 radical (unpaired) electrons. The number of anilines is 2. The number of benzene rings is 8. The van der Waals surface area contributed by atoms with Crippen LogP contribution in [0.5, 0.6) is 0 Å². The minimum absolute atomic E-state index is 0.0498. The Bertz CT molecular complexity index is 3310. The van der Waals surface area contributed by atoms with Crippen LogP contribution in [0.2, 0.25) is 0 Å². The Kier molecular flexibility index (Phi) is 5.53. The van der Waals surface area contributed by atoms with Gasteiger partial charge >= 0.3 is 6.85 Å². The fourth-order valence-electron chi connectivity index (χ4n) is 10.6. The van der Waals surface area contributed by atoms with Crippen molar-refractivity contribution in [3.8, 4) is 39.1 Å². The van der Waals surface area contributed by atoms with Crippen molar-refractivity contribution < 1.29 is 4.42 Å². The average Bonchev–Trinajstić information content (AvgIpc) is 3.85. The number of para-hydroxylation sites is 4. The monoisotopic (exact) mass is 700 g/mol. The molecule has 0 saturated carbocycles. The zero-order valence-corrected chi connectivity index (χ0v) is 30.5. The van der Waals surface area contributed by atoms with Crippen LogP contribution in [0.25, 0.3) is 82.8 Å². The van der Waals surface area contributed by atoms with E-state index in [-0.39, 0.29) is 12.3 Å². The molecule has 10 aromatic rings. The molecule has 0 atom stereocenters. The van der Waals surface area contributed by atoms with Gasteiger partial charge in [0.1, 0.15) is 11.2 Å². The number of rotatable bonds is 2. The van der Waals surface area contributed by atoms with Gasteiger partial charge in [-0.05, 0) is 104 Å². The molecule has 2 aliphatic heterocycles. The lowest BCUT2D eigenvalue weighted by Crippen LogP contribution is -2.60. The maximum absolute atomic E-state index is 6.63. The first-order valence-corrected chi connectivity index (χ1v) is 19.3. The first kappa shape index (κ1) is 29.7. The number of aromatic nitrogens is 1. The molecule has 1 aliphatic carbocycles. The van der Waals surface area contributed by atoms with E-state index in [1.54, 1.807) is 0 Å². The van der Waals surface area contributed by atoms with Crippen molar-refractivity contribution in [1.82, 2.24) is 4.57 Å². The summed E-state index contributed by atoms with van der Waals surface area (Å²) in [5.41, 5.74) is 21.0. The maximum Gasteiger partial charge on any atom is 0.333 e. The van der Waals surface area contributed by atoms with Gasteiger partial charge in [-0.3, -0.25) is 0 Å². The predicted octanol–water partition coefficient (Wildman–Crippen LogP) is 11.9. The molecular formula is C51H33BN2O. The summed E-state index contributed by atoms with van der Waals surface area (Å²) in [7, 11) is 0. The molecule has 0 amide bonds. The number of fused-ring (bicyclic) bond motifs is 14. The van der Waals surface area contributed by atoms with E-state index in [0.29, 0.717) is 0 Å². The van der Waals surface area contributed by atoms with Crippen molar-refractivity contribution in [1.29, 1.82) is 0 Å². The molecule has 4 heteroatoms. The lowest BCUT2D eigenvalue weighted by atomic mass is 9.43. The Morgan fingerprint density at radius 1 is 0.509 bits per heavy atom. The summed E-state index contributed by atoms with van der Waals surface area (Å²) in [4.78, 5) is 2.57. The van der Waals surface area contributed by atoms with Gasteiger partial charge in [0.15, 0.2) is 0 Å². The molecule has 4 heterocycles. The first-order chi connectivity index (χ1) is 27.1. The molecular weight excluding hydrogens is 667 g/mol. The number of furan rings is 1. The molecule has 0 N–H and O–H groups in total. The third-order valence-corrected chi connectivity index (χ3v) is 13.0. The summed E-state index contributed by atoms with van der Waals surface area (Å²) in [5, 5.41) is 4.86. The molecule has 256 valence electrons. The van der Waals surface area contributed by atoms with Crippen molar-refractivity contribution in [3.63, 3.8) is 0 Å². The van der Waals surface area contributed by atoms with Gasteiger partial charge in [-0.25, -0.2) is 0 Å². The summed E-state index contributed by atoms with van der Waals surface area (Å²) in [6.45, 7) is 4.64. The van der Waals surface area contributed by atoms with Gasteiger partial charge in [0.25, 0.3) is 0 Å². The van der Waals surface area contributed by atoms with Crippen LogP contribution >= 0.6 is 0 Å². The van der Waals surface area contributed by atoms with Crippen molar-refractivity contribution in [2.24, 2.45) is 0 Å². The molecule has 0 fully saturated rings. The molecule has 0 spiro atoms. The van der Waals surface area contributed by atoms with Crippen LogP contribution in [0.15, 0.2) is 168 Å². The van der Waals surface area contributed by atoms with Crippen molar-refractivity contribution in [3.05, 3.63) is 175 Å². The molecule has 3 aliphatic rings. The van der Waals surface area contributed by atoms with Gasteiger partial charge in [0, 0.05) is 49.6 Å². The van der Waals surface area contributed by atoms with Gasteiger partial charge in [-0.1, -0.05) is 123 Å². The van der Waals surface area contributed by atoms with Gasteiger partial charge in [-0.15, -0.1) is 0 Å². The molecule has 0 unspecified atom stereocenters. The summed E-state index contributed by atoms with van der Waals surface area (Å²) in [6, 6.07) is 60.8. The van der Waals surface area contributed by atoms with Gasteiger partial charge in [0.2, 0.25) is 0 Å². The fourth-order valence-corrected chi connectivity index (χ4v) is 10.6. The van der Waals surface area contributed by atoms with Crippen LogP contribution in [0, 0.1) is 0 Å². The SMILES string of the molecule is CC1(C)c2ccccc2-c2cc(-c3cc4c5c6c3c3ccccc3n6-c3cc6c(cc3B5N(c3ccccc3)c3ccccc3-4)oc3ccccc36)ccc21. The highest BCUT2D eigenvalue weighted by Crippen LogP contribution is 2.52. The highest BCUT2D eigenvalue weighted by Gasteiger charge is 2.45. The van der Waals surface area contributed by atoms with Crippen LogP contribution in [0.1, 0.15) is 25.0 Å². The maximum atomic E-state index is 6.63. The minimum atomic E-state index is -0.0824. The molecule has 3 nitrogen and oxygen atoms in total. The first-order valence-electron chi connectivity index (χ1n) is 19.3. The van der Waals surface area contributed by atoms with Crippen molar-refractivity contribution in [2.45, 2.75) is 19.3 Å². The standard InChI is InChI=1S/C51H33BN2O/c1-51(2)40-20-10-6-16-32(40)37-26-30(24-25-41(37)51)36-27-39-33-17-7-12-22-44(33)54(31-14-4-3-5-15-31)52-42-29-47-38(34-18-9-13-23-46(34)55-47)28-45(42)53-43-21-11-8-19-35(43)48(36)50(53)49(39)52/h3-29H,1-2H3. The van der Waals surface area contributed by atoms with Crippen molar-refractivity contribution in [2.75, 3.05) is 4.81 Å². The third kappa shape index (κ3) is 3.67. The molecule has 2 aromatic heterocycles. The quantitative estimate of drug-likeness (QED) is 0.167. The minimum Gasteiger partial charge on any atom is -0.456 e. The van der Waals surface area contributed by atoms with Crippen LogP contribution in [-0.2, 0) is 5.41 Å². The zero-order chi connectivity index (χ0) is 36.2. The highest BCUT2D eigenvalue weighted by molar-refractivity contribution is 6.94. The van der Waals surface area contributed by atoms with E-state index in [1.165, 1.54) is 94.3 Å². The molecule has 8 aromatic carbocycles. The smallest absolute Gasteiger partial charge is 0.333 e. The Morgan fingerprint density at radius 3 is 2.13 bits per heavy atom. The lowest BCUT2D eigenvalue weighted by molar-refractivity contribution is 0.660. The topological polar surface area (TPSA) is 21.3 Å². The van der Waals surface area contributed by atoms with Crippen LogP contribution in [-0.4, -0.2) is 11.4 Å². The molecule has 0 bridgehead atoms. The lowest BCUT2D eigenvalue weighted by Gasteiger charge is -2.42. The Hall–Kier alpha value is -6.78. The van der Waals surface area contributed by atoms with E-state index in [9.17, 15) is 0 Å². The zero-order valence-electron chi connectivity index (χ0n) is 30.5. The van der Waals surface area contributed by atoms with Gasteiger partial charge < -0.3 is 13.8 Å². The second kappa shape index (κ2) is 10.2. The van der Waals surface area contributed by atoms with E-state index < -0.39 is 0 Å². The van der Waals surface area contributed by atoms with Gasteiger partial charge in [0.05, 0.1) is 11.0 Å². The second-order valence-electron chi connectivity index (χ2n) is 16.0. The van der Waals surface area contributed by atoms with E-state index in [1.807, 2.05) is 0 Å². The van der Waals surface area contributed by atoms with Crippen LogP contribution in [0.3, 0.4) is 0 Å². The molecule has 0 saturated heterocycles. The Morgan fingerprint density at radius 2 is 1.24 bits per heavy atom. The molecule has 55 heavy (non-hydrogen) atoms. The normalized spacial score (nSPS) is 14.4.